The summed E-state index contributed by atoms with van der Waals surface area (Å²) in [4.78, 5) is 2.40. The second kappa shape index (κ2) is 7.76. The van der Waals surface area contributed by atoms with Crippen molar-refractivity contribution in [2.45, 2.75) is 12.1 Å². The summed E-state index contributed by atoms with van der Waals surface area (Å²) >= 11 is 0. The summed E-state index contributed by atoms with van der Waals surface area (Å²) in [6.07, 6.45) is 2.26. The molecule has 1 aliphatic heterocycles. The Morgan fingerprint density at radius 1 is 0.517 bits per heavy atom. The van der Waals surface area contributed by atoms with Gasteiger partial charge in [-0.25, -0.2) is 9.48 Å². The van der Waals surface area contributed by atoms with Gasteiger partial charge in [0.15, 0.2) is 12.1 Å². The van der Waals surface area contributed by atoms with Crippen LogP contribution in [-0.4, -0.2) is 10.9 Å². The predicted octanol–water partition coefficient (Wildman–Crippen LogP) is 6.36. The van der Waals surface area contributed by atoms with Gasteiger partial charge in [0.1, 0.15) is 11.4 Å². The van der Waals surface area contributed by atoms with Crippen molar-refractivity contribution in [2.75, 3.05) is 4.90 Å². The van der Waals surface area contributed by atoms with E-state index in [2.05, 4.69) is 137 Å². The highest BCUT2D eigenvalue weighted by atomic mass is 15.3. The first-order valence-corrected chi connectivity index (χ1v) is 10.0. The van der Waals surface area contributed by atoms with Crippen LogP contribution < -0.4 is 4.90 Å². The summed E-state index contributed by atoms with van der Waals surface area (Å²) in [5, 5.41) is 0. The van der Waals surface area contributed by atoms with E-state index in [1.807, 2.05) is 0 Å². The van der Waals surface area contributed by atoms with Crippen LogP contribution in [0.15, 0.2) is 121 Å². The molecule has 0 amide bonds. The van der Waals surface area contributed by atoms with Gasteiger partial charge in [0.25, 0.3) is 0 Å². The standard InChI is InChI=1S/C27H23N2/c1-5-13-22(14-6-1)26-27(23-15-7-2-8-16-23)29(25-19-11-4-12-20-25)21-28(26)24-17-9-3-10-18-24/h1-21,26-27H/q+1. The minimum Gasteiger partial charge on any atom is -0.222 e. The lowest BCUT2D eigenvalue weighted by molar-refractivity contribution is -0.481. The molecule has 0 saturated carbocycles. The minimum absolute atomic E-state index is 0.168. The van der Waals surface area contributed by atoms with E-state index >= 15 is 0 Å². The van der Waals surface area contributed by atoms with E-state index in [4.69, 9.17) is 0 Å². The molecule has 2 nitrogen and oxygen atoms in total. The number of para-hydroxylation sites is 2. The lowest BCUT2D eigenvalue weighted by Crippen LogP contribution is -2.26. The van der Waals surface area contributed by atoms with E-state index in [9.17, 15) is 0 Å². The minimum atomic E-state index is 0.168. The van der Waals surface area contributed by atoms with Crippen LogP contribution in [0.5, 0.6) is 0 Å². The van der Waals surface area contributed by atoms with Crippen molar-refractivity contribution in [1.82, 2.24) is 0 Å². The maximum absolute atomic E-state index is 2.40. The van der Waals surface area contributed by atoms with Gasteiger partial charge >= 0.3 is 0 Å². The molecule has 1 aliphatic rings. The van der Waals surface area contributed by atoms with Gasteiger partial charge in [-0.3, -0.25) is 0 Å². The van der Waals surface area contributed by atoms with E-state index in [1.165, 1.54) is 22.5 Å². The molecule has 0 aliphatic carbocycles. The predicted molar refractivity (Wildman–Crippen MR) is 120 cm³/mol. The average molecular weight is 375 g/mol. The smallest absolute Gasteiger partial charge is 0.222 e. The summed E-state index contributed by atoms with van der Waals surface area (Å²) in [6, 6.07) is 43.3. The van der Waals surface area contributed by atoms with E-state index in [-0.39, 0.29) is 12.1 Å². The summed E-state index contributed by atoms with van der Waals surface area (Å²) in [5.74, 6) is 0. The molecule has 2 atom stereocenters. The van der Waals surface area contributed by atoms with Crippen LogP contribution in [-0.2, 0) is 0 Å². The van der Waals surface area contributed by atoms with Gasteiger partial charge in [-0.1, -0.05) is 97.1 Å². The van der Waals surface area contributed by atoms with Crippen molar-refractivity contribution >= 4 is 17.7 Å². The van der Waals surface area contributed by atoms with Crippen LogP contribution >= 0.6 is 0 Å². The van der Waals surface area contributed by atoms with Gasteiger partial charge < -0.3 is 0 Å². The highest BCUT2D eigenvalue weighted by Crippen LogP contribution is 2.44. The van der Waals surface area contributed by atoms with Gasteiger partial charge in [0, 0.05) is 11.1 Å². The van der Waals surface area contributed by atoms with Crippen molar-refractivity contribution in [3.05, 3.63) is 132 Å². The van der Waals surface area contributed by atoms with Gasteiger partial charge in [-0.2, -0.15) is 0 Å². The molecule has 2 heteroatoms. The third kappa shape index (κ3) is 3.34. The second-order valence-electron chi connectivity index (χ2n) is 7.31. The first-order valence-electron chi connectivity index (χ1n) is 10.0. The van der Waals surface area contributed by atoms with Crippen molar-refractivity contribution in [3.63, 3.8) is 0 Å². The van der Waals surface area contributed by atoms with Gasteiger partial charge in [0.05, 0.1) is 0 Å². The first kappa shape index (κ1) is 17.4. The SMILES string of the molecule is C1=[N+](c2ccccc2)C(c2ccccc2)C(c2ccccc2)N1c1ccccc1. The first-order chi connectivity index (χ1) is 14.4. The van der Waals surface area contributed by atoms with Crippen LogP contribution in [0.2, 0.25) is 0 Å². The van der Waals surface area contributed by atoms with Crippen molar-refractivity contribution in [1.29, 1.82) is 0 Å². The van der Waals surface area contributed by atoms with Crippen LogP contribution in [0.25, 0.3) is 0 Å². The molecular weight excluding hydrogens is 352 g/mol. The quantitative estimate of drug-likeness (QED) is 0.376. The molecule has 1 heterocycles. The number of hydrogen-bond acceptors (Lipinski definition) is 1. The number of anilines is 1. The lowest BCUT2D eigenvalue weighted by atomic mass is 9.92. The fraction of sp³-hybridized carbons (Fsp3) is 0.0741. The van der Waals surface area contributed by atoms with E-state index in [1.54, 1.807) is 0 Å². The fourth-order valence-electron chi connectivity index (χ4n) is 4.22. The second-order valence-corrected chi connectivity index (χ2v) is 7.31. The molecule has 0 N–H and O–H groups in total. The Labute approximate surface area is 172 Å². The summed E-state index contributed by atoms with van der Waals surface area (Å²) in [5.41, 5.74) is 5.00. The zero-order chi connectivity index (χ0) is 19.5. The third-order valence-electron chi connectivity index (χ3n) is 5.54. The molecule has 5 rings (SSSR count). The molecule has 2 unspecified atom stereocenters. The highest BCUT2D eigenvalue weighted by molar-refractivity contribution is 5.80. The molecule has 0 fully saturated rings. The maximum Gasteiger partial charge on any atom is 0.245 e. The molecule has 0 radical (unpaired) electrons. The van der Waals surface area contributed by atoms with Gasteiger partial charge in [0.2, 0.25) is 6.34 Å². The molecule has 4 aromatic carbocycles. The van der Waals surface area contributed by atoms with Gasteiger partial charge in [-0.05, 0) is 24.3 Å². The lowest BCUT2D eigenvalue weighted by Gasteiger charge is -2.24. The zero-order valence-electron chi connectivity index (χ0n) is 16.2. The highest BCUT2D eigenvalue weighted by Gasteiger charge is 2.45. The summed E-state index contributed by atoms with van der Waals surface area (Å²) in [7, 11) is 0. The Hall–Kier alpha value is -3.65. The van der Waals surface area contributed by atoms with Crippen LogP contribution in [0.1, 0.15) is 23.2 Å². The van der Waals surface area contributed by atoms with Gasteiger partial charge in [-0.15, -0.1) is 0 Å². The van der Waals surface area contributed by atoms with Crippen LogP contribution in [0.3, 0.4) is 0 Å². The van der Waals surface area contributed by atoms with E-state index < -0.39 is 0 Å². The summed E-state index contributed by atoms with van der Waals surface area (Å²) < 4.78 is 2.40. The fourth-order valence-corrected chi connectivity index (χ4v) is 4.22. The number of benzene rings is 4. The maximum atomic E-state index is 2.40. The molecule has 0 saturated heterocycles. The summed E-state index contributed by atoms with van der Waals surface area (Å²) in [6.45, 7) is 0. The van der Waals surface area contributed by atoms with Crippen LogP contribution in [0.4, 0.5) is 11.4 Å². The Balaban J connectivity index is 1.72. The topological polar surface area (TPSA) is 6.25 Å². The molecule has 0 bridgehead atoms. The van der Waals surface area contributed by atoms with E-state index in [0.29, 0.717) is 0 Å². The molecule has 0 aromatic heterocycles. The molecule has 140 valence electrons. The number of rotatable bonds is 4. The zero-order valence-corrected chi connectivity index (χ0v) is 16.2. The third-order valence-corrected chi connectivity index (χ3v) is 5.54. The molecular formula is C27H23N2+. The van der Waals surface area contributed by atoms with Crippen molar-refractivity contribution in [3.8, 4) is 0 Å². The average Bonchev–Trinajstić information content (AvgIpc) is 3.22. The Bertz CT molecular complexity index is 1090. The largest absolute Gasteiger partial charge is 0.245 e. The Morgan fingerprint density at radius 3 is 1.59 bits per heavy atom. The molecule has 0 spiro atoms. The van der Waals surface area contributed by atoms with Crippen LogP contribution in [0, 0.1) is 0 Å². The normalized spacial score (nSPS) is 18.5. The molecule has 4 aromatic rings. The monoisotopic (exact) mass is 375 g/mol. The number of hydrogen-bond donors (Lipinski definition) is 0. The molecule has 29 heavy (non-hydrogen) atoms. The Morgan fingerprint density at radius 2 is 1.00 bits per heavy atom. The Kier molecular flexibility index (Phi) is 4.67. The van der Waals surface area contributed by atoms with Crippen molar-refractivity contribution in [2.24, 2.45) is 0 Å². The number of nitrogens with zero attached hydrogens (tertiary/aromatic N) is 2. The van der Waals surface area contributed by atoms with E-state index in [0.717, 1.165) is 0 Å². The van der Waals surface area contributed by atoms with Crippen molar-refractivity contribution < 1.29 is 4.58 Å².